The molecule has 2 aromatic carbocycles. The number of hydrogen-bond donors (Lipinski definition) is 0. The summed E-state index contributed by atoms with van der Waals surface area (Å²) in [5.41, 5.74) is 1.70. The summed E-state index contributed by atoms with van der Waals surface area (Å²) in [6.07, 6.45) is 1.92. The molecule has 0 saturated heterocycles. The van der Waals surface area contributed by atoms with Gasteiger partial charge in [0.1, 0.15) is 5.75 Å². The summed E-state index contributed by atoms with van der Waals surface area (Å²) >= 11 is 6.23. The molecule has 19 heavy (non-hydrogen) atoms. The Morgan fingerprint density at radius 3 is 2.21 bits per heavy atom. The highest BCUT2D eigenvalue weighted by atomic mass is 35.5. The average molecular weight is 273 g/mol. The predicted molar refractivity (Wildman–Crippen MR) is 80.7 cm³/mol. The van der Waals surface area contributed by atoms with Gasteiger partial charge in [-0.15, -0.1) is 6.58 Å². The maximum Gasteiger partial charge on any atom is 0.197 e. The molecule has 98 valence electrons. The second-order valence-corrected chi connectivity index (χ2v) is 4.83. The third kappa shape index (κ3) is 3.62. The van der Waals surface area contributed by atoms with Crippen LogP contribution in [0.3, 0.4) is 0 Å². The van der Waals surface area contributed by atoms with E-state index in [1.807, 2.05) is 60.7 Å². The van der Waals surface area contributed by atoms with E-state index in [2.05, 4.69) is 13.5 Å². The van der Waals surface area contributed by atoms with Gasteiger partial charge in [0.2, 0.25) is 0 Å². The summed E-state index contributed by atoms with van der Waals surface area (Å²) in [4.78, 5) is 0. The summed E-state index contributed by atoms with van der Waals surface area (Å²) in [5.74, 6) is 1.11. The van der Waals surface area contributed by atoms with Crippen molar-refractivity contribution in [3.05, 3.63) is 78.4 Å². The first kappa shape index (κ1) is 13.7. The summed E-state index contributed by atoms with van der Waals surface area (Å²) in [6.45, 7) is 5.90. The zero-order chi connectivity index (χ0) is 13.7. The van der Waals surface area contributed by atoms with Crippen molar-refractivity contribution in [2.75, 3.05) is 0 Å². The molecule has 2 unspecified atom stereocenters. The van der Waals surface area contributed by atoms with Crippen LogP contribution >= 0.6 is 11.6 Å². The highest BCUT2D eigenvalue weighted by Gasteiger charge is 2.09. The van der Waals surface area contributed by atoms with Gasteiger partial charge < -0.3 is 4.74 Å². The number of alkyl halides is 1. The smallest absolute Gasteiger partial charge is 0.197 e. The van der Waals surface area contributed by atoms with E-state index in [4.69, 9.17) is 16.3 Å². The molecule has 0 heterocycles. The molecule has 0 amide bonds. The van der Waals surface area contributed by atoms with E-state index in [1.165, 1.54) is 5.56 Å². The van der Waals surface area contributed by atoms with Gasteiger partial charge in [-0.2, -0.15) is 0 Å². The number of benzene rings is 2. The molecule has 0 aliphatic rings. The average Bonchev–Trinajstić information content (AvgIpc) is 2.48. The Morgan fingerprint density at radius 1 is 1.00 bits per heavy atom. The molecule has 0 spiro atoms. The Hall–Kier alpha value is -1.73. The minimum absolute atomic E-state index is 0.343. The topological polar surface area (TPSA) is 9.23 Å². The van der Waals surface area contributed by atoms with Crippen LogP contribution in [-0.2, 0) is 0 Å². The van der Waals surface area contributed by atoms with Crippen molar-refractivity contribution in [2.45, 2.75) is 18.4 Å². The molecule has 0 aliphatic heterocycles. The van der Waals surface area contributed by atoms with Crippen molar-refractivity contribution in [2.24, 2.45) is 0 Å². The fourth-order valence-corrected chi connectivity index (χ4v) is 2.03. The van der Waals surface area contributed by atoms with E-state index in [9.17, 15) is 0 Å². The lowest BCUT2D eigenvalue weighted by atomic mass is 10.0. The number of hydrogen-bond acceptors (Lipinski definition) is 1. The van der Waals surface area contributed by atoms with E-state index < -0.39 is 5.56 Å². The highest BCUT2D eigenvalue weighted by molar-refractivity contribution is 6.20. The van der Waals surface area contributed by atoms with Crippen LogP contribution in [0, 0.1) is 0 Å². The molecule has 2 aromatic rings. The van der Waals surface area contributed by atoms with Gasteiger partial charge in [0.15, 0.2) is 5.56 Å². The van der Waals surface area contributed by atoms with Gasteiger partial charge in [-0.25, -0.2) is 0 Å². The fraction of sp³-hybridized carbons (Fsp3) is 0.176. The largest absolute Gasteiger partial charge is 0.470 e. The SMILES string of the molecule is C=CC(C)c1ccc(OC(Cl)c2ccccc2)cc1. The molecule has 0 fully saturated rings. The molecular weight excluding hydrogens is 256 g/mol. The summed E-state index contributed by atoms with van der Waals surface area (Å²) in [6, 6.07) is 17.7. The lowest BCUT2D eigenvalue weighted by molar-refractivity contribution is 0.288. The zero-order valence-electron chi connectivity index (χ0n) is 10.9. The fourth-order valence-electron chi connectivity index (χ4n) is 1.78. The standard InChI is InChI=1S/C17H17ClO/c1-3-13(2)14-9-11-16(12-10-14)19-17(18)15-7-5-4-6-8-15/h3-13,17H,1H2,2H3. The van der Waals surface area contributed by atoms with Crippen molar-refractivity contribution in [3.63, 3.8) is 0 Å². The number of allylic oxidation sites excluding steroid dienone is 1. The van der Waals surface area contributed by atoms with Gasteiger partial charge in [-0.1, -0.05) is 67.1 Å². The van der Waals surface area contributed by atoms with E-state index in [0.717, 1.165) is 11.3 Å². The van der Waals surface area contributed by atoms with E-state index >= 15 is 0 Å². The summed E-state index contributed by atoms with van der Waals surface area (Å²) in [7, 11) is 0. The highest BCUT2D eigenvalue weighted by Crippen LogP contribution is 2.26. The van der Waals surface area contributed by atoms with Crippen LogP contribution in [-0.4, -0.2) is 0 Å². The minimum Gasteiger partial charge on any atom is -0.470 e. The van der Waals surface area contributed by atoms with Crippen molar-refractivity contribution in [1.29, 1.82) is 0 Å². The van der Waals surface area contributed by atoms with E-state index in [-0.39, 0.29) is 0 Å². The van der Waals surface area contributed by atoms with Gasteiger partial charge in [0.25, 0.3) is 0 Å². The molecule has 2 rings (SSSR count). The summed E-state index contributed by atoms with van der Waals surface area (Å²) < 4.78 is 5.71. The quantitative estimate of drug-likeness (QED) is 0.531. The Morgan fingerprint density at radius 2 is 1.63 bits per heavy atom. The number of ether oxygens (including phenoxy) is 1. The molecule has 2 heteroatoms. The molecule has 2 atom stereocenters. The van der Waals surface area contributed by atoms with Crippen molar-refractivity contribution < 1.29 is 4.74 Å². The van der Waals surface area contributed by atoms with Crippen LogP contribution in [0.2, 0.25) is 0 Å². The van der Waals surface area contributed by atoms with Gasteiger partial charge in [-0.05, 0) is 23.6 Å². The Bertz CT molecular complexity index is 519. The molecule has 0 bridgehead atoms. The van der Waals surface area contributed by atoms with Crippen LogP contribution in [0.15, 0.2) is 67.3 Å². The second kappa shape index (κ2) is 6.44. The zero-order valence-corrected chi connectivity index (χ0v) is 11.7. The monoisotopic (exact) mass is 272 g/mol. The predicted octanol–water partition coefficient (Wildman–Crippen LogP) is 5.29. The van der Waals surface area contributed by atoms with Crippen molar-refractivity contribution >= 4 is 11.6 Å². The van der Waals surface area contributed by atoms with E-state index in [1.54, 1.807) is 0 Å². The van der Waals surface area contributed by atoms with Crippen LogP contribution < -0.4 is 4.74 Å². The molecule has 0 N–H and O–H groups in total. The lowest BCUT2D eigenvalue weighted by Gasteiger charge is -2.14. The van der Waals surface area contributed by atoms with Gasteiger partial charge >= 0.3 is 0 Å². The maximum absolute atomic E-state index is 6.23. The molecule has 0 aromatic heterocycles. The summed E-state index contributed by atoms with van der Waals surface area (Å²) in [5, 5.41) is 0. The molecule has 1 nitrogen and oxygen atoms in total. The first-order chi connectivity index (χ1) is 9.20. The van der Waals surface area contributed by atoms with Gasteiger partial charge in [0.05, 0.1) is 0 Å². The van der Waals surface area contributed by atoms with Crippen molar-refractivity contribution in [1.82, 2.24) is 0 Å². The van der Waals surface area contributed by atoms with Crippen LogP contribution in [0.25, 0.3) is 0 Å². The van der Waals surface area contributed by atoms with E-state index in [0.29, 0.717) is 5.92 Å². The maximum atomic E-state index is 6.23. The lowest BCUT2D eigenvalue weighted by Crippen LogP contribution is -2.00. The first-order valence-corrected chi connectivity index (χ1v) is 6.72. The minimum atomic E-state index is -0.469. The molecular formula is C17H17ClO. The number of rotatable bonds is 5. The van der Waals surface area contributed by atoms with Crippen molar-refractivity contribution in [3.8, 4) is 5.75 Å². The van der Waals surface area contributed by atoms with Crippen LogP contribution in [0.4, 0.5) is 0 Å². The van der Waals surface area contributed by atoms with Crippen LogP contribution in [0.1, 0.15) is 29.5 Å². The van der Waals surface area contributed by atoms with Crippen LogP contribution in [0.5, 0.6) is 5.75 Å². The molecule has 0 saturated carbocycles. The first-order valence-electron chi connectivity index (χ1n) is 6.29. The molecule has 0 radical (unpaired) electrons. The van der Waals surface area contributed by atoms with Gasteiger partial charge in [-0.3, -0.25) is 0 Å². The third-order valence-electron chi connectivity index (χ3n) is 3.06. The number of halogens is 1. The third-order valence-corrected chi connectivity index (χ3v) is 3.40. The Balaban J connectivity index is 2.05. The Labute approximate surface area is 119 Å². The second-order valence-electron chi connectivity index (χ2n) is 4.44. The van der Waals surface area contributed by atoms with Gasteiger partial charge in [0, 0.05) is 5.56 Å². The Kier molecular flexibility index (Phi) is 4.64. The normalized spacial score (nSPS) is 13.6. The molecule has 0 aliphatic carbocycles.